The Kier molecular flexibility index (Phi) is 5.44. The first-order valence-electron chi connectivity index (χ1n) is 9.31. The van der Waals surface area contributed by atoms with Crippen LogP contribution in [0.1, 0.15) is 34.0 Å². The van der Waals surface area contributed by atoms with Crippen LogP contribution in [0.2, 0.25) is 0 Å². The lowest BCUT2D eigenvalue weighted by Gasteiger charge is -2.13. The fourth-order valence-corrected chi connectivity index (χ4v) is 3.88. The summed E-state index contributed by atoms with van der Waals surface area (Å²) in [7, 11) is 0. The Labute approximate surface area is 173 Å². The quantitative estimate of drug-likeness (QED) is 0.508. The molecule has 0 aliphatic rings. The standard InChI is InChI=1S/C23H20N4OS/c1-15-19(8-9-20(25-15)17-6-4-3-5-7-17)22(28)26-16(2)23-27-21(14-29-23)18-10-12-24-13-11-18/h3-14,16H,1-2H3,(H,26,28). The molecular formula is C23H20N4OS. The highest BCUT2D eigenvalue weighted by atomic mass is 32.1. The van der Waals surface area contributed by atoms with Gasteiger partial charge in [-0.1, -0.05) is 30.3 Å². The van der Waals surface area contributed by atoms with Crippen molar-refractivity contribution in [3.63, 3.8) is 0 Å². The zero-order valence-electron chi connectivity index (χ0n) is 16.2. The van der Waals surface area contributed by atoms with E-state index in [0.29, 0.717) is 11.3 Å². The molecule has 1 atom stereocenters. The number of amides is 1. The molecule has 1 unspecified atom stereocenters. The van der Waals surface area contributed by atoms with Gasteiger partial charge in [-0.3, -0.25) is 14.8 Å². The van der Waals surface area contributed by atoms with Gasteiger partial charge >= 0.3 is 0 Å². The van der Waals surface area contributed by atoms with Crippen LogP contribution in [0.25, 0.3) is 22.5 Å². The molecule has 144 valence electrons. The number of aryl methyl sites for hydroxylation is 1. The SMILES string of the molecule is Cc1nc(-c2ccccc2)ccc1C(=O)NC(C)c1nc(-c2ccncc2)cs1. The molecule has 3 heterocycles. The van der Waals surface area contributed by atoms with Crippen LogP contribution in [-0.2, 0) is 0 Å². The molecule has 1 N–H and O–H groups in total. The van der Waals surface area contributed by atoms with E-state index in [1.54, 1.807) is 12.4 Å². The topological polar surface area (TPSA) is 67.8 Å². The monoisotopic (exact) mass is 400 g/mol. The van der Waals surface area contributed by atoms with Gasteiger partial charge in [0.1, 0.15) is 5.01 Å². The Morgan fingerprint density at radius 1 is 0.931 bits per heavy atom. The van der Waals surface area contributed by atoms with E-state index in [9.17, 15) is 4.79 Å². The lowest BCUT2D eigenvalue weighted by atomic mass is 10.1. The van der Waals surface area contributed by atoms with Gasteiger partial charge in [-0.25, -0.2) is 4.98 Å². The molecule has 0 aliphatic carbocycles. The van der Waals surface area contributed by atoms with E-state index in [4.69, 9.17) is 0 Å². The summed E-state index contributed by atoms with van der Waals surface area (Å²) < 4.78 is 0. The first-order valence-corrected chi connectivity index (χ1v) is 10.2. The number of nitrogens with one attached hydrogen (secondary N) is 1. The lowest BCUT2D eigenvalue weighted by molar-refractivity contribution is 0.0939. The average molecular weight is 401 g/mol. The van der Waals surface area contributed by atoms with Gasteiger partial charge in [0, 0.05) is 28.9 Å². The van der Waals surface area contributed by atoms with Gasteiger partial charge in [0.25, 0.3) is 5.91 Å². The third-order valence-electron chi connectivity index (χ3n) is 4.62. The fraction of sp³-hybridized carbons (Fsp3) is 0.130. The minimum absolute atomic E-state index is 0.150. The molecule has 0 radical (unpaired) electrons. The van der Waals surface area contributed by atoms with Crippen molar-refractivity contribution in [3.05, 3.63) is 88.6 Å². The molecule has 0 saturated carbocycles. The van der Waals surface area contributed by atoms with E-state index >= 15 is 0 Å². The van der Waals surface area contributed by atoms with Crippen molar-refractivity contribution in [2.75, 3.05) is 0 Å². The number of pyridine rings is 2. The van der Waals surface area contributed by atoms with E-state index < -0.39 is 0 Å². The van der Waals surface area contributed by atoms with Gasteiger partial charge in [0.2, 0.25) is 0 Å². The summed E-state index contributed by atoms with van der Waals surface area (Å²) in [5.74, 6) is -0.150. The minimum Gasteiger partial charge on any atom is -0.343 e. The number of rotatable bonds is 5. The Balaban J connectivity index is 1.49. The van der Waals surface area contributed by atoms with E-state index in [2.05, 4.69) is 20.3 Å². The van der Waals surface area contributed by atoms with Crippen LogP contribution in [0.3, 0.4) is 0 Å². The van der Waals surface area contributed by atoms with Crippen molar-refractivity contribution < 1.29 is 4.79 Å². The van der Waals surface area contributed by atoms with Crippen LogP contribution < -0.4 is 5.32 Å². The second-order valence-corrected chi connectivity index (χ2v) is 7.59. The lowest BCUT2D eigenvalue weighted by Crippen LogP contribution is -2.27. The van der Waals surface area contributed by atoms with Crippen LogP contribution >= 0.6 is 11.3 Å². The maximum Gasteiger partial charge on any atom is 0.253 e. The maximum atomic E-state index is 12.8. The highest BCUT2D eigenvalue weighted by molar-refractivity contribution is 7.10. The summed E-state index contributed by atoms with van der Waals surface area (Å²) >= 11 is 1.53. The van der Waals surface area contributed by atoms with E-state index in [1.165, 1.54) is 11.3 Å². The average Bonchev–Trinajstić information content (AvgIpc) is 3.25. The van der Waals surface area contributed by atoms with Crippen LogP contribution in [-0.4, -0.2) is 20.9 Å². The smallest absolute Gasteiger partial charge is 0.253 e. The number of carbonyl (C=O) groups is 1. The van der Waals surface area contributed by atoms with Crippen molar-refractivity contribution in [2.24, 2.45) is 0 Å². The normalized spacial score (nSPS) is 11.8. The first kappa shape index (κ1) is 19.0. The molecule has 4 aromatic rings. The molecule has 0 aliphatic heterocycles. The second kappa shape index (κ2) is 8.32. The summed E-state index contributed by atoms with van der Waals surface area (Å²) in [6.45, 7) is 3.80. The molecule has 1 aromatic carbocycles. The van der Waals surface area contributed by atoms with E-state index in [0.717, 1.165) is 27.5 Å². The van der Waals surface area contributed by atoms with Crippen LogP contribution in [0.5, 0.6) is 0 Å². The molecule has 0 bridgehead atoms. The molecule has 4 rings (SSSR count). The van der Waals surface area contributed by atoms with Crippen molar-refractivity contribution in [1.82, 2.24) is 20.3 Å². The van der Waals surface area contributed by atoms with Gasteiger partial charge in [0.15, 0.2) is 0 Å². The Hall–Kier alpha value is -3.38. The second-order valence-electron chi connectivity index (χ2n) is 6.70. The van der Waals surface area contributed by atoms with Crippen LogP contribution in [0.4, 0.5) is 0 Å². The first-order chi connectivity index (χ1) is 14.1. The highest BCUT2D eigenvalue weighted by Gasteiger charge is 2.17. The maximum absolute atomic E-state index is 12.8. The number of hydrogen-bond acceptors (Lipinski definition) is 5. The van der Waals surface area contributed by atoms with Gasteiger partial charge in [-0.2, -0.15) is 0 Å². The number of carbonyl (C=O) groups excluding carboxylic acids is 1. The third-order valence-corrected chi connectivity index (χ3v) is 5.64. The molecule has 6 heteroatoms. The number of hydrogen-bond donors (Lipinski definition) is 1. The predicted molar refractivity (Wildman–Crippen MR) is 116 cm³/mol. The number of benzene rings is 1. The number of thiazole rings is 1. The van der Waals surface area contributed by atoms with E-state index in [-0.39, 0.29) is 11.9 Å². The van der Waals surface area contributed by atoms with Crippen molar-refractivity contribution in [3.8, 4) is 22.5 Å². The Bertz CT molecular complexity index is 1130. The zero-order valence-corrected chi connectivity index (χ0v) is 17.0. The van der Waals surface area contributed by atoms with Gasteiger partial charge < -0.3 is 5.32 Å². The zero-order chi connectivity index (χ0) is 20.2. The summed E-state index contributed by atoms with van der Waals surface area (Å²) in [5, 5.41) is 5.89. The Morgan fingerprint density at radius 3 is 2.38 bits per heavy atom. The summed E-state index contributed by atoms with van der Waals surface area (Å²) in [6, 6.07) is 17.3. The summed E-state index contributed by atoms with van der Waals surface area (Å²) in [6.07, 6.45) is 3.49. The summed E-state index contributed by atoms with van der Waals surface area (Å²) in [4.78, 5) is 26.1. The largest absolute Gasteiger partial charge is 0.343 e. The Morgan fingerprint density at radius 2 is 1.66 bits per heavy atom. The molecule has 0 saturated heterocycles. The number of aromatic nitrogens is 3. The van der Waals surface area contributed by atoms with Crippen molar-refractivity contribution in [2.45, 2.75) is 19.9 Å². The highest BCUT2D eigenvalue weighted by Crippen LogP contribution is 2.25. The number of nitrogens with zero attached hydrogens (tertiary/aromatic N) is 3. The molecule has 3 aromatic heterocycles. The molecule has 0 fully saturated rings. The van der Waals surface area contributed by atoms with Crippen molar-refractivity contribution in [1.29, 1.82) is 0 Å². The fourth-order valence-electron chi connectivity index (χ4n) is 3.05. The molecule has 29 heavy (non-hydrogen) atoms. The van der Waals surface area contributed by atoms with Crippen LogP contribution in [0.15, 0.2) is 72.4 Å². The molecule has 0 spiro atoms. The minimum atomic E-state index is -0.198. The molecule has 1 amide bonds. The van der Waals surface area contributed by atoms with Gasteiger partial charge in [-0.15, -0.1) is 11.3 Å². The van der Waals surface area contributed by atoms with E-state index in [1.807, 2.05) is 73.8 Å². The molecular weight excluding hydrogens is 380 g/mol. The van der Waals surface area contributed by atoms with Crippen molar-refractivity contribution >= 4 is 17.2 Å². The molecule has 5 nitrogen and oxygen atoms in total. The predicted octanol–water partition coefficient (Wildman–Crippen LogP) is 5.07. The van der Waals surface area contributed by atoms with Gasteiger partial charge in [-0.05, 0) is 38.1 Å². The van der Waals surface area contributed by atoms with Gasteiger partial charge in [0.05, 0.1) is 28.7 Å². The third kappa shape index (κ3) is 4.22. The van der Waals surface area contributed by atoms with Crippen LogP contribution in [0, 0.1) is 6.92 Å². The summed E-state index contributed by atoms with van der Waals surface area (Å²) in [5.41, 5.74) is 5.06.